The third-order valence-corrected chi connectivity index (χ3v) is 3.78. The Balaban J connectivity index is 1.70. The Hall–Kier alpha value is -1.69. The maximum atomic E-state index is 11.2. The van der Waals surface area contributed by atoms with Crippen LogP contribution in [0, 0.1) is 0 Å². The molecule has 2 rings (SSSR count). The lowest BCUT2D eigenvalue weighted by Crippen LogP contribution is -2.12. The number of rotatable bonds is 7. The number of hydrogen-bond donors (Lipinski definition) is 1. The van der Waals surface area contributed by atoms with Gasteiger partial charge < -0.3 is 4.74 Å². The van der Waals surface area contributed by atoms with Crippen molar-refractivity contribution < 1.29 is 14.4 Å². The van der Waals surface area contributed by atoms with E-state index in [4.69, 9.17) is 4.84 Å². The smallest absolute Gasteiger partial charge is 0.310 e. The van der Waals surface area contributed by atoms with Crippen molar-refractivity contribution >= 4 is 17.3 Å². The lowest BCUT2D eigenvalue weighted by Gasteiger charge is -2.04. The summed E-state index contributed by atoms with van der Waals surface area (Å²) < 4.78 is 4.64. The number of ether oxygens (including phenoxy) is 1. The summed E-state index contributed by atoms with van der Waals surface area (Å²) in [6.45, 7) is 1.15. The fourth-order valence-electron chi connectivity index (χ4n) is 1.66. The van der Waals surface area contributed by atoms with Crippen LogP contribution in [0.5, 0.6) is 0 Å². The highest BCUT2D eigenvalue weighted by molar-refractivity contribution is 7.12. The number of hydroxylamine groups is 1. The van der Waals surface area contributed by atoms with Gasteiger partial charge in [-0.05, 0) is 17.7 Å². The monoisotopic (exact) mass is 291 g/mol. The zero-order valence-electron chi connectivity index (χ0n) is 11.3. The molecule has 4 nitrogen and oxygen atoms in total. The summed E-state index contributed by atoms with van der Waals surface area (Å²) in [5.41, 5.74) is 4.05. The highest BCUT2D eigenvalue weighted by Crippen LogP contribution is 2.17. The molecular weight excluding hydrogens is 274 g/mol. The maximum Gasteiger partial charge on any atom is 0.310 e. The van der Waals surface area contributed by atoms with E-state index in [1.807, 2.05) is 42.5 Å². The minimum absolute atomic E-state index is 0.216. The Bertz CT molecular complexity index is 539. The van der Waals surface area contributed by atoms with Crippen LogP contribution < -0.4 is 5.48 Å². The minimum atomic E-state index is -0.216. The number of methoxy groups -OCH3 is 1. The van der Waals surface area contributed by atoms with Crippen molar-refractivity contribution in [3.05, 3.63) is 57.8 Å². The predicted molar refractivity (Wildman–Crippen MR) is 78.1 cm³/mol. The van der Waals surface area contributed by atoms with Crippen molar-refractivity contribution in [3.8, 4) is 0 Å². The van der Waals surface area contributed by atoms with E-state index in [0.717, 1.165) is 15.3 Å². The average molecular weight is 291 g/mol. The summed E-state index contributed by atoms with van der Waals surface area (Å²) in [4.78, 5) is 18.7. The quantitative estimate of drug-likeness (QED) is 0.484. The standard InChI is InChI=1S/C15H17NO3S/c1-18-15(17)9-13-7-8-14(20-13)10-16-19-11-12-5-3-2-4-6-12/h2-8,16H,9-11H2,1H3. The van der Waals surface area contributed by atoms with Crippen LogP contribution in [0.4, 0.5) is 0 Å². The molecule has 0 amide bonds. The van der Waals surface area contributed by atoms with Crippen LogP contribution in [0.1, 0.15) is 15.3 Å². The lowest BCUT2D eigenvalue weighted by molar-refractivity contribution is -0.139. The van der Waals surface area contributed by atoms with Crippen LogP contribution in [-0.4, -0.2) is 13.1 Å². The normalized spacial score (nSPS) is 10.4. The minimum Gasteiger partial charge on any atom is -0.469 e. The molecule has 0 saturated carbocycles. The largest absolute Gasteiger partial charge is 0.469 e. The van der Waals surface area contributed by atoms with E-state index in [1.165, 1.54) is 7.11 Å². The van der Waals surface area contributed by atoms with E-state index in [1.54, 1.807) is 11.3 Å². The van der Waals surface area contributed by atoms with Gasteiger partial charge in [-0.1, -0.05) is 30.3 Å². The third-order valence-electron chi connectivity index (χ3n) is 2.69. The number of thiophene rings is 1. The zero-order valence-corrected chi connectivity index (χ0v) is 12.1. The van der Waals surface area contributed by atoms with Crippen molar-refractivity contribution in [2.45, 2.75) is 19.6 Å². The summed E-state index contributed by atoms with van der Waals surface area (Å²) in [6, 6.07) is 13.9. The number of nitrogens with one attached hydrogen (secondary N) is 1. The fourth-order valence-corrected chi connectivity index (χ4v) is 2.59. The van der Waals surface area contributed by atoms with Crippen LogP contribution in [0.25, 0.3) is 0 Å². The first-order chi connectivity index (χ1) is 9.78. The molecule has 0 fully saturated rings. The van der Waals surface area contributed by atoms with Crippen molar-refractivity contribution in [2.75, 3.05) is 7.11 Å². The van der Waals surface area contributed by atoms with Gasteiger partial charge in [-0.25, -0.2) is 0 Å². The van der Waals surface area contributed by atoms with E-state index in [-0.39, 0.29) is 5.97 Å². The van der Waals surface area contributed by atoms with Crippen LogP contribution in [0.2, 0.25) is 0 Å². The first-order valence-electron chi connectivity index (χ1n) is 6.31. The van der Waals surface area contributed by atoms with E-state index < -0.39 is 0 Å². The Kier molecular flexibility index (Phi) is 5.73. The van der Waals surface area contributed by atoms with Gasteiger partial charge >= 0.3 is 5.97 Å². The van der Waals surface area contributed by atoms with Gasteiger partial charge in [-0.3, -0.25) is 9.63 Å². The van der Waals surface area contributed by atoms with Gasteiger partial charge in [0.1, 0.15) is 0 Å². The predicted octanol–water partition coefficient (Wildman–Crippen LogP) is 2.69. The molecule has 0 radical (unpaired) electrons. The number of carbonyl (C=O) groups is 1. The highest BCUT2D eigenvalue weighted by atomic mass is 32.1. The Morgan fingerprint density at radius 2 is 1.90 bits per heavy atom. The van der Waals surface area contributed by atoms with Gasteiger partial charge in [0.05, 0.1) is 26.7 Å². The van der Waals surface area contributed by atoms with E-state index in [9.17, 15) is 4.79 Å². The summed E-state index contributed by atoms with van der Waals surface area (Å²) in [5.74, 6) is -0.216. The number of esters is 1. The van der Waals surface area contributed by atoms with Crippen LogP contribution in [-0.2, 0) is 33.9 Å². The molecule has 1 N–H and O–H groups in total. The molecule has 1 aromatic carbocycles. The second-order valence-electron chi connectivity index (χ2n) is 4.22. The van der Waals surface area contributed by atoms with E-state index in [2.05, 4.69) is 10.2 Å². The van der Waals surface area contributed by atoms with Crippen LogP contribution >= 0.6 is 11.3 Å². The van der Waals surface area contributed by atoms with Gasteiger partial charge in [0, 0.05) is 9.75 Å². The Morgan fingerprint density at radius 1 is 1.15 bits per heavy atom. The first kappa shape index (κ1) is 14.7. The van der Waals surface area contributed by atoms with Gasteiger partial charge in [0.2, 0.25) is 0 Å². The molecule has 0 unspecified atom stereocenters. The zero-order chi connectivity index (χ0) is 14.2. The SMILES string of the molecule is COC(=O)Cc1ccc(CNOCc2ccccc2)s1. The second-order valence-corrected chi connectivity index (χ2v) is 5.47. The molecule has 2 aromatic rings. The van der Waals surface area contributed by atoms with Crippen molar-refractivity contribution in [3.63, 3.8) is 0 Å². The molecule has 0 bridgehead atoms. The first-order valence-corrected chi connectivity index (χ1v) is 7.12. The summed E-state index contributed by atoms with van der Waals surface area (Å²) in [6.07, 6.45) is 0.325. The summed E-state index contributed by atoms with van der Waals surface area (Å²) >= 11 is 1.58. The molecule has 5 heteroatoms. The van der Waals surface area contributed by atoms with Crippen molar-refractivity contribution in [2.24, 2.45) is 0 Å². The lowest BCUT2D eigenvalue weighted by atomic mass is 10.2. The topological polar surface area (TPSA) is 47.6 Å². The molecule has 0 atom stereocenters. The van der Waals surface area contributed by atoms with Crippen molar-refractivity contribution in [1.29, 1.82) is 0 Å². The van der Waals surface area contributed by atoms with Crippen molar-refractivity contribution in [1.82, 2.24) is 5.48 Å². The molecular formula is C15H17NO3S. The van der Waals surface area contributed by atoms with Gasteiger partial charge in [-0.2, -0.15) is 5.48 Å². The summed E-state index contributed by atoms with van der Waals surface area (Å²) in [5, 5.41) is 0. The Morgan fingerprint density at radius 3 is 2.65 bits per heavy atom. The Labute approximate surface area is 122 Å². The second kappa shape index (κ2) is 7.79. The maximum absolute atomic E-state index is 11.2. The molecule has 0 saturated heterocycles. The average Bonchev–Trinajstić information content (AvgIpc) is 2.92. The molecule has 1 heterocycles. The van der Waals surface area contributed by atoms with Crippen LogP contribution in [0.3, 0.4) is 0 Å². The fraction of sp³-hybridized carbons (Fsp3) is 0.267. The number of benzene rings is 1. The molecule has 0 aliphatic rings. The molecule has 0 aliphatic carbocycles. The molecule has 20 heavy (non-hydrogen) atoms. The van der Waals surface area contributed by atoms with Crippen LogP contribution in [0.15, 0.2) is 42.5 Å². The van der Waals surface area contributed by atoms with E-state index in [0.29, 0.717) is 19.6 Å². The third kappa shape index (κ3) is 4.77. The van der Waals surface area contributed by atoms with Gasteiger partial charge in [0.15, 0.2) is 0 Å². The number of hydrogen-bond acceptors (Lipinski definition) is 5. The van der Waals surface area contributed by atoms with Gasteiger partial charge in [0.25, 0.3) is 0 Å². The van der Waals surface area contributed by atoms with E-state index >= 15 is 0 Å². The summed E-state index contributed by atoms with van der Waals surface area (Å²) in [7, 11) is 1.40. The van der Waals surface area contributed by atoms with Gasteiger partial charge in [-0.15, -0.1) is 11.3 Å². The molecule has 0 aliphatic heterocycles. The molecule has 0 spiro atoms. The molecule has 1 aromatic heterocycles. The molecule has 106 valence electrons. The highest BCUT2D eigenvalue weighted by Gasteiger charge is 2.06. The number of carbonyl (C=O) groups excluding carboxylic acids is 1.